The van der Waals surface area contributed by atoms with E-state index in [4.69, 9.17) is 10.5 Å². The SMILES string of the molecule is NC1=N[C@H]2[C@H](CS[C@H]2CCCCC(=O)NCCCCCC(=O)NCCOCCNC(=O)CCCCCNC(=O)CCCC[C@@H]2SC[C@@H]3N=C(NC(=O)C(F)(F)F)N[C@@H]32)N1. The number of ether oxygens (including phenoxy) is 1. The Kier molecular flexibility index (Phi) is 21.2. The topological polar surface area (TPSA) is 230 Å². The molecule has 59 heavy (non-hydrogen) atoms. The second-order valence-corrected chi connectivity index (χ2v) is 17.8. The fraction of sp³-hybridized carbons (Fsp3) is 0.816. The maximum absolute atomic E-state index is 12.5. The predicted molar refractivity (Wildman–Crippen MR) is 224 cm³/mol. The molecule has 0 aliphatic carbocycles. The predicted octanol–water partition coefficient (Wildman–Crippen LogP) is 1.97. The molecular weight excluding hydrogens is 814 g/mol. The van der Waals surface area contributed by atoms with Crippen LogP contribution in [0.5, 0.6) is 0 Å². The summed E-state index contributed by atoms with van der Waals surface area (Å²) in [6, 6.07) is 0.306. The van der Waals surface area contributed by atoms with Gasteiger partial charge in [-0.2, -0.15) is 36.7 Å². The number of thioether (sulfide) groups is 2. The summed E-state index contributed by atoms with van der Waals surface area (Å²) in [7, 11) is 0. The van der Waals surface area contributed by atoms with Crippen LogP contribution < -0.4 is 43.0 Å². The fourth-order valence-electron chi connectivity index (χ4n) is 7.35. The van der Waals surface area contributed by atoms with Crippen LogP contribution in [0.4, 0.5) is 13.2 Å². The van der Waals surface area contributed by atoms with Gasteiger partial charge in [0.05, 0.1) is 37.4 Å². The summed E-state index contributed by atoms with van der Waals surface area (Å²) in [5.74, 6) is 0.0128. The van der Waals surface area contributed by atoms with E-state index in [1.165, 1.54) is 0 Å². The van der Waals surface area contributed by atoms with Gasteiger partial charge in [0, 0.05) is 73.9 Å². The fourth-order valence-corrected chi connectivity index (χ4v) is 10.4. The first-order chi connectivity index (χ1) is 28.4. The van der Waals surface area contributed by atoms with Crippen molar-refractivity contribution in [3.8, 4) is 0 Å². The van der Waals surface area contributed by atoms with Gasteiger partial charge in [0.1, 0.15) is 0 Å². The van der Waals surface area contributed by atoms with Crippen molar-refractivity contribution in [2.75, 3.05) is 50.9 Å². The molecule has 334 valence electrons. The number of alkyl halides is 3. The monoisotopic (exact) mass is 876 g/mol. The smallest absolute Gasteiger partial charge is 0.378 e. The van der Waals surface area contributed by atoms with Crippen molar-refractivity contribution in [3.63, 3.8) is 0 Å². The number of halogens is 3. The van der Waals surface area contributed by atoms with Gasteiger partial charge in [0.2, 0.25) is 23.6 Å². The maximum Gasteiger partial charge on any atom is 0.471 e. The molecule has 0 spiro atoms. The minimum Gasteiger partial charge on any atom is -0.378 e. The number of nitrogens with one attached hydrogen (secondary N) is 7. The first-order valence-corrected chi connectivity index (χ1v) is 23.2. The number of nitrogens with zero attached hydrogens (tertiary/aromatic N) is 2. The van der Waals surface area contributed by atoms with Crippen molar-refractivity contribution >= 4 is 65.0 Å². The largest absolute Gasteiger partial charge is 0.471 e. The number of amides is 5. The van der Waals surface area contributed by atoms with E-state index < -0.39 is 12.1 Å². The molecule has 2 saturated heterocycles. The summed E-state index contributed by atoms with van der Waals surface area (Å²) >= 11 is 3.63. The molecule has 4 heterocycles. The lowest BCUT2D eigenvalue weighted by Crippen LogP contribution is -2.48. The third kappa shape index (κ3) is 18.4. The molecule has 4 rings (SSSR count). The van der Waals surface area contributed by atoms with Crippen LogP contribution in [0.3, 0.4) is 0 Å². The molecule has 21 heteroatoms. The summed E-state index contributed by atoms with van der Waals surface area (Å²) in [5.41, 5.74) is 5.79. The molecule has 0 radical (unpaired) electrons. The highest BCUT2D eigenvalue weighted by molar-refractivity contribution is 8.00. The van der Waals surface area contributed by atoms with Crippen LogP contribution in [0, 0.1) is 0 Å². The lowest BCUT2D eigenvalue weighted by atomic mass is 10.0. The number of carbonyl (C=O) groups is 5. The number of carbonyl (C=O) groups excluding carboxylic acids is 5. The number of rotatable bonds is 28. The number of fused-ring (bicyclic) bond motifs is 2. The van der Waals surface area contributed by atoms with Gasteiger partial charge in [0.15, 0.2) is 11.9 Å². The number of unbranched alkanes of at least 4 members (excludes halogenated alkanes) is 6. The van der Waals surface area contributed by atoms with Crippen molar-refractivity contribution in [2.24, 2.45) is 15.7 Å². The Morgan fingerprint density at radius 2 is 1.17 bits per heavy atom. The minimum absolute atomic E-state index is 0.0329. The Labute approximate surface area is 353 Å². The van der Waals surface area contributed by atoms with Gasteiger partial charge in [-0.15, -0.1) is 0 Å². The summed E-state index contributed by atoms with van der Waals surface area (Å²) in [5, 5.41) is 20.1. The highest BCUT2D eigenvalue weighted by Crippen LogP contribution is 2.36. The molecule has 5 amide bonds. The van der Waals surface area contributed by atoms with Crippen molar-refractivity contribution in [3.05, 3.63) is 0 Å². The molecule has 0 aromatic carbocycles. The minimum atomic E-state index is -4.97. The molecule has 0 saturated carbocycles. The quantitative estimate of drug-likeness (QED) is 0.0530. The first-order valence-electron chi connectivity index (χ1n) is 21.1. The Balaban J connectivity index is 0.841. The average molecular weight is 877 g/mol. The molecule has 0 aromatic heterocycles. The van der Waals surface area contributed by atoms with Crippen LogP contribution in [0.15, 0.2) is 9.98 Å². The molecule has 9 N–H and O–H groups in total. The number of hydrogen-bond acceptors (Lipinski definition) is 13. The lowest BCUT2D eigenvalue weighted by Gasteiger charge is -2.19. The van der Waals surface area contributed by atoms with Gasteiger partial charge in [-0.05, 0) is 51.4 Å². The maximum atomic E-state index is 12.5. The van der Waals surface area contributed by atoms with E-state index in [9.17, 15) is 37.1 Å². The van der Waals surface area contributed by atoms with Crippen LogP contribution >= 0.6 is 23.5 Å². The summed E-state index contributed by atoms with van der Waals surface area (Å²) in [6.45, 7) is 2.64. The number of aliphatic imine (C=N–C) groups is 2. The second kappa shape index (κ2) is 26.0. The molecule has 0 unspecified atom stereocenters. The Morgan fingerprint density at radius 3 is 1.73 bits per heavy atom. The molecule has 4 aliphatic rings. The molecule has 6 atom stereocenters. The lowest BCUT2D eigenvalue weighted by molar-refractivity contribution is -0.171. The van der Waals surface area contributed by atoms with E-state index in [0.29, 0.717) is 101 Å². The molecule has 4 aliphatic heterocycles. The van der Waals surface area contributed by atoms with E-state index in [2.05, 4.69) is 41.9 Å². The average Bonchev–Trinajstić information content (AvgIpc) is 3.96. The van der Waals surface area contributed by atoms with Gasteiger partial charge < -0.3 is 42.4 Å². The van der Waals surface area contributed by atoms with Crippen LogP contribution in [-0.2, 0) is 28.7 Å². The van der Waals surface area contributed by atoms with Gasteiger partial charge in [-0.3, -0.25) is 29.3 Å². The number of hydrogen-bond donors (Lipinski definition) is 8. The van der Waals surface area contributed by atoms with Crippen LogP contribution in [-0.4, -0.2) is 133 Å². The summed E-state index contributed by atoms with van der Waals surface area (Å²) < 4.78 is 43.1. The van der Waals surface area contributed by atoms with Crippen molar-refractivity contribution in [2.45, 2.75) is 144 Å². The van der Waals surface area contributed by atoms with E-state index in [0.717, 1.165) is 70.0 Å². The third-order valence-corrected chi connectivity index (χ3v) is 13.5. The molecular formula is C38H63F3N10O6S2. The van der Waals surface area contributed by atoms with Crippen LogP contribution in [0.25, 0.3) is 0 Å². The Hall–Kier alpha value is -3.46. The van der Waals surface area contributed by atoms with Crippen molar-refractivity contribution in [1.82, 2.24) is 37.2 Å². The van der Waals surface area contributed by atoms with Crippen LogP contribution in [0.1, 0.15) is 103 Å². The van der Waals surface area contributed by atoms with E-state index in [1.54, 1.807) is 17.1 Å². The zero-order chi connectivity index (χ0) is 42.5. The summed E-state index contributed by atoms with van der Waals surface area (Å²) in [4.78, 5) is 68.4. The second-order valence-electron chi connectivity index (χ2n) is 15.3. The molecule has 16 nitrogen and oxygen atoms in total. The Morgan fingerprint density at radius 1 is 0.661 bits per heavy atom. The van der Waals surface area contributed by atoms with Crippen molar-refractivity contribution < 1.29 is 41.9 Å². The third-order valence-electron chi connectivity index (χ3n) is 10.5. The van der Waals surface area contributed by atoms with E-state index in [1.807, 2.05) is 11.8 Å². The zero-order valence-electron chi connectivity index (χ0n) is 33.8. The Bertz CT molecular complexity index is 1440. The van der Waals surface area contributed by atoms with Gasteiger partial charge >= 0.3 is 12.1 Å². The van der Waals surface area contributed by atoms with Gasteiger partial charge in [-0.25, -0.2) is 9.98 Å². The van der Waals surface area contributed by atoms with Crippen molar-refractivity contribution in [1.29, 1.82) is 0 Å². The van der Waals surface area contributed by atoms with Gasteiger partial charge in [-0.1, -0.05) is 25.7 Å². The highest BCUT2D eigenvalue weighted by atomic mass is 32.2. The van der Waals surface area contributed by atoms with E-state index >= 15 is 0 Å². The highest BCUT2D eigenvalue weighted by Gasteiger charge is 2.44. The normalized spacial score (nSPS) is 23.0. The standard InChI is InChI=1S/C38H63F3N10O6S2/c39-38(40,41)35(56)51-37-48-26-24-59-28(34(26)50-37)12-6-8-16-30(53)44-18-10-2-4-14-32(55)46-20-22-57-21-19-45-31(54)13-3-1-9-17-43-29(52)15-7-5-11-27-33-25(23-58-27)47-36(42)49-33/h25-28,33-34H,1-24H2,(H,43,52)(H,44,53)(H,45,54)(H,46,55)(H3,42,47,49)(H2,48,50,51,56)/t25-,26-,27-,28-,33-,34-/m0/s1. The molecule has 0 aromatic rings. The van der Waals surface area contributed by atoms with Crippen LogP contribution in [0.2, 0.25) is 0 Å². The number of nitrogens with two attached hydrogens (primary N) is 1. The molecule has 2 fully saturated rings. The number of guanidine groups is 2. The summed E-state index contributed by atoms with van der Waals surface area (Å²) in [6.07, 6.45) is 6.64. The first kappa shape index (κ1) is 48.2. The zero-order valence-corrected chi connectivity index (χ0v) is 35.4. The molecule has 0 bridgehead atoms. The van der Waals surface area contributed by atoms with Gasteiger partial charge in [0.25, 0.3) is 0 Å². The van der Waals surface area contributed by atoms with E-state index in [-0.39, 0.29) is 53.0 Å².